The van der Waals surface area contributed by atoms with E-state index in [1.165, 1.54) is 38.9 Å². The topological polar surface area (TPSA) is 21.8 Å². The van der Waals surface area contributed by atoms with Gasteiger partial charge in [0, 0.05) is 36.3 Å². The van der Waals surface area contributed by atoms with Gasteiger partial charge >= 0.3 is 0 Å². The Bertz CT molecular complexity index is 873. The summed E-state index contributed by atoms with van der Waals surface area (Å²) in [6, 6.07) is 5.15. The van der Waals surface area contributed by atoms with Crippen LogP contribution in [0.2, 0.25) is 10.0 Å². The lowest BCUT2D eigenvalue weighted by atomic mass is 10.1. The molecule has 4 nitrogen and oxygen atoms in total. The van der Waals surface area contributed by atoms with Crippen molar-refractivity contribution >= 4 is 23.2 Å². The van der Waals surface area contributed by atoms with Crippen LogP contribution in [-0.4, -0.2) is 54.5 Å². The van der Waals surface area contributed by atoms with Crippen LogP contribution in [0.15, 0.2) is 53.9 Å². The van der Waals surface area contributed by atoms with Gasteiger partial charge in [-0.1, -0.05) is 49.2 Å². The van der Waals surface area contributed by atoms with Crippen molar-refractivity contribution < 1.29 is 4.39 Å². The van der Waals surface area contributed by atoms with Crippen LogP contribution in [0.4, 0.5) is 4.39 Å². The number of piperidine rings is 1. The van der Waals surface area contributed by atoms with Gasteiger partial charge in [0.05, 0.1) is 17.4 Å². The predicted octanol–water partition coefficient (Wildman–Crippen LogP) is 6.32. The van der Waals surface area contributed by atoms with Gasteiger partial charge in [0.15, 0.2) is 5.83 Å². The molecule has 176 valence electrons. The Hall–Kier alpha value is -1.69. The molecule has 3 heterocycles. The maximum Gasteiger partial charge on any atom is 0.169 e. The highest BCUT2D eigenvalue weighted by atomic mass is 35.5. The third-order valence-electron chi connectivity index (χ3n) is 6.39. The second kappa shape index (κ2) is 11.4. The van der Waals surface area contributed by atoms with E-state index in [0.717, 1.165) is 30.9 Å². The van der Waals surface area contributed by atoms with E-state index in [4.69, 9.17) is 23.2 Å². The Morgan fingerprint density at radius 3 is 2.31 bits per heavy atom. The van der Waals surface area contributed by atoms with Crippen LogP contribution in [0.3, 0.4) is 0 Å². The van der Waals surface area contributed by atoms with Crippen LogP contribution < -0.4 is 5.32 Å². The van der Waals surface area contributed by atoms with E-state index in [2.05, 4.69) is 28.6 Å². The summed E-state index contributed by atoms with van der Waals surface area (Å²) in [7, 11) is 1.84. The van der Waals surface area contributed by atoms with Crippen molar-refractivity contribution in [2.75, 3.05) is 39.8 Å². The van der Waals surface area contributed by atoms with Crippen LogP contribution >= 0.6 is 23.2 Å². The number of halogens is 3. The van der Waals surface area contributed by atoms with Crippen LogP contribution in [0.5, 0.6) is 0 Å². The minimum Gasteiger partial charge on any atom is -0.376 e. The highest BCUT2D eigenvalue weighted by molar-refractivity contribution is 6.35. The first-order valence-electron chi connectivity index (χ1n) is 11.5. The zero-order valence-corrected chi connectivity index (χ0v) is 20.9. The zero-order valence-electron chi connectivity index (χ0n) is 19.4. The number of allylic oxidation sites excluding steroid dienone is 2. The molecule has 0 saturated carbocycles. The molecule has 7 heteroatoms. The molecule has 1 N–H and O–H groups in total. The number of nitrogens with one attached hydrogen (secondary N) is 1. The first-order chi connectivity index (χ1) is 15.3. The molecular weight excluding hydrogens is 446 g/mol. The van der Waals surface area contributed by atoms with E-state index in [1.807, 2.05) is 26.1 Å². The van der Waals surface area contributed by atoms with Gasteiger partial charge in [-0.2, -0.15) is 0 Å². The third kappa shape index (κ3) is 6.00. The van der Waals surface area contributed by atoms with Gasteiger partial charge in [0.25, 0.3) is 0 Å². The molecule has 4 rings (SSSR count). The SMILES string of the molecule is C=C1C(F)=C(NC(C)c2ccc(Cl)cc2Cl)C=C(N2CCC2)N1C.CCN1CCCCC1. The highest BCUT2D eigenvalue weighted by Gasteiger charge is 2.28. The van der Waals surface area contributed by atoms with E-state index >= 15 is 0 Å². The normalized spacial score (nSPS) is 20.3. The summed E-state index contributed by atoms with van der Waals surface area (Å²) < 4.78 is 14.7. The fourth-order valence-corrected chi connectivity index (χ4v) is 4.70. The lowest BCUT2D eigenvalue weighted by Crippen LogP contribution is -2.43. The molecule has 0 spiro atoms. The Balaban J connectivity index is 0.000000305. The van der Waals surface area contributed by atoms with E-state index in [1.54, 1.807) is 17.0 Å². The second-order valence-corrected chi connectivity index (χ2v) is 9.45. The van der Waals surface area contributed by atoms with Crippen molar-refractivity contribution in [2.45, 2.75) is 45.6 Å². The van der Waals surface area contributed by atoms with Crippen molar-refractivity contribution in [3.63, 3.8) is 0 Å². The minimum atomic E-state index is -0.348. The highest BCUT2D eigenvalue weighted by Crippen LogP contribution is 2.33. The van der Waals surface area contributed by atoms with E-state index in [9.17, 15) is 4.39 Å². The smallest absolute Gasteiger partial charge is 0.169 e. The van der Waals surface area contributed by atoms with Crippen molar-refractivity contribution in [1.29, 1.82) is 0 Å². The Labute approximate surface area is 202 Å². The quantitative estimate of drug-likeness (QED) is 0.531. The Kier molecular flexibility index (Phi) is 8.92. The molecule has 32 heavy (non-hydrogen) atoms. The zero-order chi connectivity index (χ0) is 23.3. The van der Waals surface area contributed by atoms with Gasteiger partial charge in [-0.25, -0.2) is 4.39 Å². The molecule has 1 atom stereocenters. The van der Waals surface area contributed by atoms with Crippen LogP contribution in [0.1, 0.15) is 51.1 Å². The molecule has 3 aliphatic heterocycles. The Morgan fingerprint density at radius 2 is 1.78 bits per heavy atom. The molecule has 2 saturated heterocycles. The number of hydrogen-bond acceptors (Lipinski definition) is 4. The van der Waals surface area contributed by atoms with Gasteiger partial charge in [0.2, 0.25) is 0 Å². The summed E-state index contributed by atoms with van der Waals surface area (Å²) in [6.45, 7) is 14.0. The molecular formula is C25H35Cl2FN4. The molecule has 0 aliphatic carbocycles. The molecule has 0 radical (unpaired) electrons. The van der Waals surface area contributed by atoms with Gasteiger partial charge in [0.1, 0.15) is 5.82 Å². The largest absolute Gasteiger partial charge is 0.376 e. The van der Waals surface area contributed by atoms with Gasteiger partial charge in [-0.05, 0) is 63.5 Å². The average Bonchev–Trinajstić information content (AvgIpc) is 2.75. The maximum atomic E-state index is 14.7. The van der Waals surface area contributed by atoms with Crippen molar-refractivity contribution in [3.8, 4) is 0 Å². The lowest BCUT2D eigenvalue weighted by Gasteiger charge is -2.42. The van der Waals surface area contributed by atoms with Gasteiger partial charge in [-0.3, -0.25) is 0 Å². The first kappa shape index (κ1) is 24.9. The van der Waals surface area contributed by atoms with Crippen LogP contribution in [0.25, 0.3) is 0 Å². The third-order valence-corrected chi connectivity index (χ3v) is 6.95. The van der Waals surface area contributed by atoms with Gasteiger partial charge < -0.3 is 20.0 Å². The maximum absolute atomic E-state index is 14.7. The first-order valence-corrected chi connectivity index (χ1v) is 12.3. The molecule has 3 aliphatic rings. The molecule has 2 fully saturated rings. The second-order valence-electron chi connectivity index (χ2n) is 8.60. The van der Waals surface area contributed by atoms with Crippen LogP contribution in [-0.2, 0) is 0 Å². The fraction of sp³-hybridized carbons (Fsp3) is 0.520. The minimum absolute atomic E-state index is 0.166. The number of hydrogen-bond donors (Lipinski definition) is 1. The molecule has 1 unspecified atom stereocenters. The number of nitrogens with zero attached hydrogens (tertiary/aromatic N) is 3. The summed E-state index contributed by atoms with van der Waals surface area (Å²) in [4.78, 5) is 6.52. The monoisotopic (exact) mass is 480 g/mol. The summed E-state index contributed by atoms with van der Waals surface area (Å²) in [6.07, 6.45) is 7.30. The summed E-state index contributed by atoms with van der Waals surface area (Å²) in [5.74, 6) is 0.614. The summed E-state index contributed by atoms with van der Waals surface area (Å²) in [5, 5.41) is 4.35. The Morgan fingerprint density at radius 1 is 1.09 bits per heavy atom. The average molecular weight is 481 g/mol. The molecule has 1 aromatic rings. The van der Waals surface area contributed by atoms with Gasteiger partial charge in [-0.15, -0.1) is 0 Å². The van der Waals surface area contributed by atoms with Crippen LogP contribution in [0, 0.1) is 0 Å². The van der Waals surface area contributed by atoms with E-state index in [-0.39, 0.29) is 11.9 Å². The molecule has 0 aromatic heterocycles. The van der Waals surface area contributed by atoms with Crippen molar-refractivity contribution in [3.05, 3.63) is 69.5 Å². The standard InChI is InChI=1S/C18H20Cl2FN3.C7H15N/c1-11(14-6-5-13(19)9-15(14)20)22-16-10-17(24-7-4-8-24)23(3)12(2)18(16)21;1-2-8-6-4-3-5-7-8/h5-6,9-11,22H,2,4,7-8H2,1,3H3;2-7H2,1H3. The number of likely N-dealkylation sites (N-methyl/N-ethyl adjacent to an activating group) is 1. The molecule has 1 aromatic carbocycles. The van der Waals surface area contributed by atoms with E-state index in [0.29, 0.717) is 21.4 Å². The lowest BCUT2D eigenvalue weighted by molar-refractivity contribution is 0.180. The number of rotatable bonds is 5. The van der Waals surface area contributed by atoms with Crippen molar-refractivity contribution in [2.24, 2.45) is 0 Å². The fourth-order valence-electron chi connectivity index (χ4n) is 4.12. The molecule has 0 bridgehead atoms. The van der Waals surface area contributed by atoms with Crippen molar-refractivity contribution in [1.82, 2.24) is 20.0 Å². The van der Waals surface area contributed by atoms with E-state index < -0.39 is 0 Å². The number of likely N-dealkylation sites (tertiary alicyclic amines) is 2. The number of benzene rings is 1. The predicted molar refractivity (Wildman–Crippen MR) is 133 cm³/mol. The molecule has 0 amide bonds. The summed E-state index contributed by atoms with van der Waals surface area (Å²) in [5.41, 5.74) is 1.65. The summed E-state index contributed by atoms with van der Waals surface area (Å²) >= 11 is 12.2.